The second-order valence-electron chi connectivity index (χ2n) is 2.75. The van der Waals surface area contributed by atoms with Crippen LogP contribution in [-0.4, -0.2) is 30.6 Å². The molecule has 5 nitrogen and oxygen atoms in total. The number of carbonyl (C=O) groups is 2. The number of nitrogens with one attached hydrogen (secondary N) is 1. The van der Waals surface area contributed by atoms with E-state index in [1.807, 2.05) is 6.92 Å². The van der Waals surface area contributed by atoms with Crippen LogP contribution in [0.15, 0.2) is 0 Å². The SMILES string of the molecule is CCNC(C(N)=O)C(C)OC(C)=O. The maximum atomic E-state index is 10.9. The van der Waals surface area contributed by atoms with Gasteiger partial charge in [0, 0.05) is 6.92 Å². The molecule has 0 saturated heterocycles. The predicted octanol–water partition coefficient (Wildman–Crippen LogP) is -0.599. The molecule has 0 aliphatic heterocycles. The third-order valence-electron chi connectivity index (χ3n) is 1.55. The molecular formula is C8H16N2O3. The van der Waals surface area contributed by atoms with E-state index in [2.05, 4.69) is 5.32 Å². The summed E-state index contributed by atoms with van der Waals surface area (Å²) < 4.78 is 4.82. The summed E-state index contributed by atoms with van der Waals surface area (Å²) in [6.45, 7) is 5.36. The van der Waals surface area contributed by atoms with Gasteiger partial charge in [0.25, 0.3) is 0 Å². The topological polar surface area (TPSA) is 81.4 Å². The highest BCUT2D eigenvalue weighted by Gasteiger charge is 2.23. The molecule has 0 bridgehead atoms. The van der Waals surface area contributed by atoms with Crippen LogP contribution in [0, 0.1) is 0 Å². The number of hydrogen-bond acceptors (Lipinski definition) is 4. The fourth-order valence-corrected chi connectivity index (χ4v) is 1.05. The van der Waals surface area contributed by atoms with Crippen LogP contribution in [0.4, 0.5) is 0 Å². The largest absolute Gasteiger partial charge is 0.461 e. The zero-order valence-electron chi connectivity index (χ0n) is 8.16. The van der Waals surface area contributed by atoms with E-state index in [1.54, 1.807) is 6.92 Å². The minimum absolute atomic E-state index is 0.420. The molecule has 5 heteroatoms. The molecule has 0 aliphatic rings. The fraction of sp³-hybridized carbons (Fsp3) is 0.750. The van der Waals surface area contributed by atoms with Crippen LogP contribution in [0.1, 0.15) is 20.8 Å². The second-order valence-corrected chi connectivity index (χ2v) is 2.75. The quantitative estimate of drug-likeness (QED) is 0.564. The Hall–Kier alpha value is -1.10. The van der Waals surface area contributed by atoms with Gasteiger partial charge < -0.3 is 15.8 Å². The molecule has 0 saturated carbocycles. The molecule has 1 amide bonds. The molecular weight excluding hydrogens is 172 g/mol. The number of esters is 1. The molecule has 2 atom stereocenters. The van der Waals surface area contributed by atoms with Crippen LogP contribution in [0.3, 0.4) is 0 Å². The van der Waals surface area contributed by atoms with Gasteiger partial charge in [-0.1, -0.05) is 6.92 Å². The molecule has 0 aromatic heterocycles. The maximum Gasteiger partial charge on any atom is 0.302 e. The van der Waals surface area contributed by atoms with E-state index < -0.39 is 24.0 Å². The first-order chi connectivity index (χ1) is 5.99. The van der Waals surface area contributed by atoms with Crippen molar-refractivity contribution >= 4 is 11.9 Å². The molecule has 0 aliphatic carbocycles. The molecule has 0 aromatic rings. The van der Waals surface area contributed by atoms with Crippen LogP contribution in [0.5, 0.6) is 0 Å². The molecule has 13 heavy (non-hydrogen) atoms. The number of rotatable bonds is 5. The molecule has 0 heterocycles. The van der Waals surface area contributed by atoms with E-state index in [1.165, 1.54) is 6.92 Å². The predicted molar refractivity (Wildman–Crippen MR) is 47.9 cm³/mol. The van der Waals surface area contributed by atoms with Gasteiger partial charge in [0.05, 0.1) is 0 Å². The van der Waals surface area contributed by atoms with E-state index in [0.717, 1.165) is 0 Å². The first-order valence-electron chi connectivity index (χ1n) is 4.19. The van der Waals surface area contributed by atoms with Crippen LogP contribution in [-0.2, 0) is 14.3 Å². The Morgan fingerprint density at radius 1 is 1.54 bits per heavy atom. The third-order valence-corrected chi connectivity index (χ3v) is 1.55. The van der Waals surface area contributed by atoms with Gasteiger partial charge in [0.15, 0.2) is 0 Å². The minimum Gasteiger partial charge on any atom is -0.461 e. The summed E-state index contributed by atoms with van der Waals surface area (Å²) in [6, 6.07) is -0.617. The van der Waals surface area contributed by atoms with Crippen molar-refractivity contribution in [1.29, 1.82) is 0 Å². The summed E-state index contributed by atoms with van der Waals surface area (Å²) >= 11 is 0. The summed E-state index contributed by atoms with van der Waals surface area (Å²) in [5, 5.41) is 2.84. The summed E-state index contributed by atoms with van der Waals surface area (Å²) in [6.07, 6.45) is -0.532. The molecule has 0 fully saturated rings. The number of hydrogen-bond donors (Lipinski definition) is 2. The van der Waals surface area contributed by atoms with Crippen LogP contribution in [0.2, 0.25) is 0 Å². The average Bonchev–Trinajstić information content (AvgIpc) is 1.97. The van der Waals surface area contributed by atoms with Crippen molar-refractivity contribution in [3.63, 3.8) is 0 Å². The average molecular weight is 188 g/mol. The van der Waals surface area contributed by atoms with Gasteiger partial charge in [-0.25, -0.2) is 0 Å². The Kier molecular flexibility index (Phi) is 5.06. The van der Waals surface area contributed by atoms with Crippen LogP contribution in [0.25, 0.3) is 0 Å². The lowest BCUT2D eigenvalue weighted by Gasteiger charge is -2.21. The minimum atomic E-state index is -0.617. The Labute approximate surface area is 77.6 Å². The maximum absolute atomic E-state index is 10.9. The monoisotopic (exact) mass is 188 g/mol. The van der Waals surface area contributed by atoms with Gasteiger partial charge in [0.1, 0.15) is 12.1 Å². The first-order valence-corrected chi connectivity index (χ1v) is 4.19. The van der Waals surface area contributed by atoms with Gasteiger partial charge in [-0.15, -0.1) is 0 Å². The summed E-state index contributed by atoms with van der Waals surface area (Å²) in [5.74, 6) is -0.938. The molecule has 0 aromatic carbocycles. The molecule has 76 valence electrons. The van der Waals surface area contributed by atoms with Gasteiger partial charge >= 0.3 is 5.97 Å². The number of ether oxygens (including phenoxy) is 1. The molecule has 0 rings (SSSR count). The number of amides is 1. The highest BCUT2D eigenvalue weighted by molar-refractivity contribution is 5.81. The molecule has 0 radical (unpaired) electrons. The van der Waals surface area contributed by atoms with E-state index in [-0.39, 0.29) is 0 Å². The summed E-state index contributed by atoms with van der Waals surface area (Å²) in [4.78, 5) is 21.5. The third kappa shape index (κ3) is 4.47. The van der Waals surface area contributed by atoms with Crippen molar-refractivity contribution in [2.24, 2.45) is 5.73 Å². The lowest BCUT2D eigenvalue weighted by molar-refractivity contribution is -0.148. The Morgan fingerprint density at radius 3 is 2.38 bits per heavy atom. The van der Waals surface area contributed by atoms with Crippen molar-refractivity contribution in [3.8, 4) is 0 Å². The Bertz CT molecular complexity index is 194. The van der Waals surface area contributed by atoms with E-state index in [4.69, 9.17) is 10.5 Å². The highest BCUT2D eigenvalue weighted by atomic mass is 16.5. The zero-order chi connectivity index (χ0) is 10.4. The Morgan fingerprint density at radius 2 is 2.08 bits per heavy atom. The van der Waals surface area contributed by atoms with Gasteiger partial charge in [-0.3, -0.25) is 9.59 Å². The Balaban J connectivity index is 4.18. The second kappa shape index (κ2) is 5.53. The number of nitrogens with two attached hydrogens (primary N) is 1. The fourth-order valence-electron chi connectivity index (χ4n) is 1.05. The summed E-state index contributed by atoms with van der Waals surface area (Å²) in [5.41, 5.74) is 5.11. The molecule has 0 spiro atoms. The molecule has 3 N–H and O–H groups in total. The summed E-state index contributed by atoms with van der Waals surface area (Å²) in [7, 11) is 0. The van der Waals surface area contributed by atoms with Crippen molar-refractivity contribution in [3.05, 3.63) is 0 Å². The van der Waals surface area contributed by atoms with Crippen LogP contribution >= 0.6 is 0 Å². The van der Waals surface area contributed by atoms with Crippen molar-refractivity contribution in [1.82, 2.24) is 5.32 Å². The first kappa shape index (κ1) is 11.9. The standard InChI is InChI=1S/C8H16N2O3/c1-4-10-7(8(9)12)5(2)13-6(3)11/h5,7,10H,4H2,1-3H3,(H2,9,12). The van der Waals surface area contributed by atoms with Gasteiger partial charge in [-0.2, -0.15) is 0 Å². The zero-order valence-corrected chi connectivity index (χ0v) is 8.16. The van der Waals surface area contributed by atoms with Crippen LogP contribution < -0.4 is 11.1 Å². The highest BCUT2D eigenvalue weighted by Crippen LogP contribution is 1.98. The smallest absolute Gasteiger partial charge is 0.302 e. The number of carbonyl (C=O) groups excluding carboxylic acids is 2. The van der Waals surface area contributed by atoms with E-state index in [0.29, 0.717) is 6.54 Å². The van der Waals surface area contributed by atoms with E-state index in [9.17, 15) is 9.59 Å². The van der Waals surface area contributed by atoms with Crippen molar-refractivity contribution in [2.45, 2.75) is 32.9 Å². The normalized spacial score (nSPS) is 14.7. The van der Waals surface area contributed by atoms with E-state index >= 15 is 0 Å². The van der Waals surface area contributed by atoms with Gasteiger partial charge in [0.2, 0.25) is 5.91 Å². The molecule has 2 unspecified atom stereocenters. The lowest BCUT2D eigenvalue weighted by atomic mass is 10.1. The number of primary amides is 1. The van der Waals surface area contributed by atoms with Crippen molar-refractivity contribution in [2.75, 3.05) is 6.54 Å². The van der Waals surface area contributed by atoms with Crippen molar-refractivity contribution < 1.29 is 14.3 Å². The van der Waals surface area contributed by atoms with Gasteiger partial charge in [-0.05, 0) is 13.5 Å². The number of likely N-dealkylation sites (N-methyl/N-ethyl adjacent to an activating group) is 1. The lowest BCUT2D eigenvalue weighted by Crippen LogP contribution is -2.49.